The fourth-order valence-electron chi connectivity index (χ4n) is 7.31. The first kappa shape index (κ1) is 51.0. The van der Waals surface area contributed by atoms with E-state index >= 15 is 0 Å². The minimum atomic E-state index is -4.67. The SMILES string of the molecule is C=CC1CC1(NC(=O)C1CC(Oc2cc(-c3csc(NC(C)C)n3)nc3cc(OC)ccc23)CN1C(=O)OC(C)(C)C)C(=O)NS(=O)(=O)c1ccccc1NC(=O)COCCOCCC(=O)OC. The molecule has 20 nitrogen and oxygen atoms in total. The Morgan fingerprint density at radius 2 is 1.75 bits per heavy atom. The number of esters is 1. The number of hydrogen-bond donors (Lipinski definition) is 4. The van der Waals surface area contributed by atoms with Gasteiger partial charge in [0.15, 0.2) is 5.13 Å². The van der Waals surface area contributed by atoms with Crippen molar-refractivity contribution in [2.24, 2.45) is 5.92 Å². The molecule has 366 valence electrons. The second-order valence-electron chi connectivity index (χ2n) is 17.3. The van der Waals surface area contributed by atoms with E-state index in [4.69, 9.17) is 33.7 Å². The molecule has 6 rings (SSSR count). The molecular formula is C46H57N7O13S2. The van der Waals surface area contributed by atoms with E-state index in [1.807, 2.05) is 19.2 Å². The molecule has 4 aromatic rings. The van der Waals surface area contributed by atoms with Crippen molar-refractivity contribution in [3.05, 3.63) is 66.6 Å². The molecule has 2 aromatic carbocycles. The van der Waals surface area contributed by atoms with Crippen LogP contribution in [0.1, 0.15) is 53.9 Å². The number of carbonyl (C=O) groups is 5. The zero-order valence-corrected chi connectivity index (χ0v) is 40.5. The number of carbonyl (C=O) groups excluding carboxylic acids is 5. The van der Waals surface area contributed by atoms with Crippen LogP contribution in [0.25, 0.3) is 22.3 Å². The molecule has 1 saturated heterocycles. The molecule has 4 amide bonds. The Hall–Kier alpha value is -6.36. The first-order valence-corrected chi connectivity index (χ1v) is 24.1. The van der Waals surface area contributed by atoms with E-state index in [-0.39, 0.29) is 57.4 Å². The van der Waals surface area contributed by atoms with Crippen molar-refractivity contribution in [3.63, 3.8) is 0 Å². The second-order valence-corrected chi connectivity index (χ2v) is 19.8. The number of benzene rings is 2. The largest absolute Gasteiger partial charge is 0.497 e. The Kier molecular flexibility index (Phi) is 16.3. The van der Waals surface area contributed by atoms with E-state index in [9.17, 15) is 32.4 Å². The Morgan fingerprint density at radius 3 is 2.44 bits per heavy atom. The lowest BCUT2D eigenvalue weighted by Crippen LogP contribution is -2.56. The summed E-state index contributed by atoms with van der Waals surface area (Å²) in [7, 11) is -1.86. The van der Waals surface area contributed by atoms with Crippen LogP contribution in [0.3, 0.4) is 0 Å². The highest BCUT2D eigenvalue weighted by Crippen LogP contribution is 2.45. The first-order valence-electron chi connectivity index (χ1n) is 21.8. The molecule has 0 spiro atoms. The molecule has 22 heteroatoms. The highest BCUT2D eigenvalue weighted by atomic mass is 32.2. The van der Waals surface area contributed by atoms with Gasteiger partial charge in [0.05, 0.1) is 63.9 Å². The summed E-state index contributed by atoms with van der Waals surface area (Å²) >= 11 is 1.43. The maximum absolute atomic E-state index is 14.5. The van der Waals surface area contributed by atoms with Gasteiger partial charge in [-0.2, -0.15) is 0 Å². The molecule has 0 bridgehead atoms. The zero-order valence-electron chi connectivity index (χ0n) is 38.9. The van der Waals surface area contributed by atoms with Crippen molar-refractivity contribution in [3.8, 4) is 22.9 Å². The number of fused-ring (bicyclic) bond motifs is 1. The fraction of sp³-hybridized carbons (Fsp3) is 0.457. The average molecular weight is 980 g/mol. The molecule has 0 radical (unpaired) electrons. The summed E-state index contributed by atoms with van der Waals surface area (Å²) in [5.74, 6) is -2.63. The molecule has 2 aliphatic rings. The molecule has 4 unspecified atom stereocenters. The molecule has 4 atom stereocenters. The number of anilines is 2. The van der Waals surface area contributed by atoms with Crippen molar-refractivity contribution in [1.82, 2.24) is 24.9 Å². The summed E-state index contributed by atoms with van der Waals surface area (Å²) in [4.78, 5) is 76.7. The average Bonchev–Trinajstić information content (AvgIpc) is 3.54. The molecule has 4 N–H and O–H groups in total. The number of thiazole rings is 1. The number of amides is 4. The van der Waals surface area contributed by atoms with E-state index in [1.165, 1.54) is 53.7 Å². The van der Waals surface area contributed by atoms with Gasteiger partial charge < -0.3 is 44.4 Å². The molecule has 3 heterocycles. The predicted molar refractivity (Wildman–Crippen MR) is 252 cm³/mol. The number of pyridine rings is 1. The number of methoxy groups -OCH3 is 2. The van der Waals surface area contributed by atoms with Gasteiger partial charge in [0.1, 0.15) is 52.0 Å². The van der Waals surface area contributed by atoms with Gasteiger partial charge in [-0.25, -0.2) is 27.9 Å². The zero-order chi connectivity index (χ0) is 49.4. The molecule has 2 fully saturated rings. The minimum absolute atomic E-state index is 0.00503. The van der Waals surface area contributed by atoms with Gasteiger partial charge in [-0.15, -0.1) is 17.9 Å². The number of ether oxygens (including phenoxy) is 6. The van der Waals surface area contributed by atoms with Crippen molar-refractivity contribution in [1.29, 1.82) is 0 Å². The Bertz CT molecular complexity index is 2630. The van der Waals surface area contributed by atoms with Gasteiger partial charge >= 0.3 is 12.1 Å². The number of sulfonamides is 1. The van der Waals surface area contributed by atoms with E-state index in [1.54, 1.807) is 52.1 Å². The Labute approximate surface area is 398 Å². The lowest BCUT2D eigenvalue weighted by atomic mass is 10.1. The highest BCUT2D eigenvalue weighted by molar-refractivity contribution is 7.90. The normalized spacial score (nSPS) is 18.9. The van der Waals surface area contributed by atoms with Crippen LogP contribution >= 0.6 is 11.3 Å². The molecule has 1 saturated carbocycles. The lowest BCUT2D eigenvalue weighted by molar-refractivity contribution is -0.142. The highest BCUT2D eigenvalue weighted by Gasteiger charge is 2.61. The smallest absolute Gasteiger partial charge is 0.411 e. The van der Waals surface area contributed by atoms with Gasteiger partial charge in [-0.05, 0) is 65.3 Å². The Morgan fingerprint density at radius 1 is 1.00 bits per heavy atom. The van der Waals surface area contributed by atoms with Crippen molar-refractivity contribution < 1.29 is 60.8 Å². The summed E-state index contributed by atoms with van der Waals surface area (Å²) in [6.45, 7) is 12.5. The van der Waals surface area contributed by atoms with Crippen LogP contribution in [0.5, 0.6) is 11.5 Å². The summed E-state index contributed by atoms with van der Waals surface area (Å²) in [6, 6.07) is 11.5. The number of likely N-dealkylation sites (tertiary alicyclic amines) is 1. The van der Waals surface area contributed by atoms with Crippen LogP contribution in [0.2, 0.25) is 0 Å². The van der Waals surface area contributed by atoms with E-state index in [2.05, 4.69) is 32.0 Å². The summed E-state index contributed by atoms with van der Waals surface area (Å²) in [6.07, 6.45) is -0.108. The summed E-state index contributed by atoms with van der Waals surface area (Å²) in [5.41, 5.74) is -1.16. The van der Waals surface area contributed by atoms with Crippen molar-refractivity contribution in [2.45, 2.75) is 88.1 Å². The van der Waals surface area contributed by atoms with Crippen LogP contribution in [0.15, 0.2) is 71.5 Å². The quantitative estimate of drug-likeness (QED) is 0.0485. The third-order valence-electron chi connectivity index (χ3n) is 10.7. The van der Waals surface area contributed by atoms with E-state index in [0.29, 0.717) is 38.9 Å². The monoisotopic (exact) mass is 979 g/mol. The molecular weight excluding hydrogens is 923 g/mol. The van der Waals surface area contributed by atoms with Crippen LogP contribution < -0.4 is 30.1 Å². The molecule has 1 aliphatic carbocycles. The maximum Gasteiger partial charge on any atom is 0.411 e. The van der Waals surface area contributed by atoms with Crippen LogP contribution in [-0.2, 0) is 48.1 Å². The van der Waals surface area contributed by atoms with Gasteiger partial charge in [0, 0.05) is 41.3 Å². The van der Waals surface area contributed by atoms with Gasteiger partial charge in [-0.3, -0.25) is 24.1 Å². The van der Waals surface area contributed by atoms with E-state index in [0.717, 1.165) is 0 Å². The number of hydrogen-bond acceptors (Lipinski definition) is 17. The van der Waals surface area contributed by atoms with Crippen LogP contribution in [-0.4, -0.2) is 130 Å². The minimum Gasteiger partial charge on any atom is -0.497 e. The number of nitrogens with one attached hydrogen (secondary N) is 4. The van der Waals surface area contributed by atoms with Crippen LogP contribution in [0.4, 0.5) is 15.6 Å². The van der Waals surface area contributed by atoms with Crippen molar-refractivity contribution >= 4 is 72.9 Å². The summed E-state index contributed by atoms with van der Waals surface area (Å²) in [5, 5.41) is 11.8. The number of rotatable bonds is 21. The molecule has 1 aliphatic heterocycles. The standard InChI is InChI=1S/C46H57N7O13S2/c1-9-28-23-46(28,42(57)52-68(59,60)38-13-11-10-12-32(38)49-39(54)25-64-19-18-63-17-16-40(55)62-8)51-41(56)36-21-30(24-53(36)44(58)66-45(4,5)6)65-37-22-34(35-26-67-43(50-35)47-27(2)3)48-33-20-29(61-7)14-15-31(33)37/h9-15,20,22,26-28,30,36H,1,16-19,21,23-25H2,2-8H3,(H,47,50)(H,49,54)(H,51,56)(H,52,57). The predicted octanol–water partition coefficient (Wildman–Crippen LogP) is 5.04. The van der Waals surface area contributed by atoms with Gasteiger partial charge in [0.2, 0.25) is 11.8 Å². The van der Waals surface area contributed by atoms with E-state index < -0.39 is 80.5 Å². The third-order valence-corrected chi connectivity index (χ3v) is 12.8. The molecule has 2 aromatic heterocycles. The summed E-state index contributed by atoms with van der Waals surface area (Å²) < 4.78 is 62.8. The fourth-order valence-corrected chi connectivity index (χ4v) is 9.36. The number of nitrogens with zero attached hydrogens (tertiary/aromatic N) is 3. The first-order chi connectivity index (χ1) is 32.2. The molecule has 68 heavy (non-hydrogen) atoms. The third kappa shape index (κ3) is 12.8. The van der Waals surface area contributed by atoms with Crippen molar-refractivity contribution in [2.75, 3.05) is 57.8 Å². The number of para-hydroxylation sites is 1. The van der Waals surface area contributed by atoms with Gasteiger partial charge in [-0.1, -0.05) is 18.2 Å². The van der Waals surface area contributed by atoms with Gasteiger partial charge in [0.25, 0.3) is 15.9 Å². The second kappa shape index (κ2) is 21.7. The topological polar surface area (TPSA) is 252 Å². The van der Waals surface area contributed by atoms with Crippen LogP contribution in [0, 0.1) is 5.92 Å². The maximum atomic E-state index is 14.5. The Balaban J connectivity index is 1.18. The lowest BCUT2D eigenvalue weighted by Gasteiger charge is -2.29. The number of aromatic nitrogens is 2.